The Morgan fingerprint density at radius 2 is 1.68 bits per heavy atom. The van der Waals surface area contributed by atoms with Gasteiger partial charge in [0.25, 0.3) is 5.91 Å². The smallest absolute Gasteiger partial charge is 0.268 e. The fourth-order valence-electron chi connectivity index (χ4n) is 4.55. The molecule has 1 aromatic rings. The summed E-state index contributed by atoms with van der Waals surface area (Å²) in [4.78, 5) is 24.6. The van der Waals surface area contributed by atoms with Crippen molar-refractivity contribution < 1.29 is 9.53 Å². The van der Waals surface area contributed by atoms with Crippen molar-refractivity contribution in [2.45, 2.75) is 69.6 Å². The molecule has 0 radical (unpaired) electrons. The zero-order valence-electron chi connectivity index (χ0n) is 16.8. The molecule has 2 saturated heterocycles. The summed E-state index contributed by atoms with van der Waals surface area (Å²) in [5.41, 5.74) is 6.33. The van der Waals surface area contributed by atoms with Gasteiger partial charge in [0.05, 0.1) is 24.1 Å². The number of nitrogens with two attached hydrogens (primary N) is 1. The Bertz CT molecular complexity index is 633. The lowest BCUT2D eigenvalue weighted by atomic mass is 9.89. The Hall–Kier alpha value is -1.57. The lowest BCUT2D eigenvalue weighted by Gasteiger charge is -2.42. The van der Waals surface area contributed by atoms with Crippen LogP contribution in [-0.2, 0) is 11.2 Å². The number of primary amides is 1. The minimum Gasteiger partial charge on any atom is -0.375 e. The number of carbonyl (C=O) groups is 1. The van der Waals surface area contributed by atoms with Crippen LogP contribution in [0.3, 0.4) is 0 Å². The Morgan fingerprint density at radius 3 is 2.21 bits per heavy atom. The summed E-state index contributed by atoms with van der Waals surface area (Å²) >= 11 is 0. The van der Waals surface area contributed by atoms with Gasteiger partial charge in [0.2, 0.25) is 0 Å². The van der Waals surface area contributed by atoms with Gasteiger partial charge in [-0.1, -0.05) is 6.42 Å². The summed E-state index contributed by atoms with van der Waals surface area (Å²) in [5, 5.41) is 0. The highest BCUT2D eigenvalue weighted by molar-refractivity contribution is 5.90. The number of hydrogen-bond acceptors (Lipinski definition) is 6. The second-order valence-corrected chi connectivity index (χ2v) is 8.50. The predicted molar refractivity (Wildman–Crippen MR) is 107 cm³/mol. The monoisotopic (exact) mass is 387 g/mol. The van der Waals surface area contributed by atoms with Crippen LogP contribution in [0.25, 0.3) is 0 Å². The summed E-state index contributed by atoms with van der Waals surface area (Å²) in [7, 11) is 0. The predicted octanol–water partition coefficient (Wildman–Crippen LogP) is 1.62. The minimum absolute atomic E-state index is 0.222. The van der Waals surface area contributed by atoms with Gasteiger partial charge in [-0.15, -0.1) is 0 Å². The molecular weight excluding hydrogens is 354 g/mol. The van der Waals surface area contributed by atoms with Crippen molar-refractivity contribution in [1.82, 2.24) is 19.8 Å². The number of rotatable bonds is 7. The molecule has 154 valence electrons. The molecule has 0 bridgehead atoms. The maximum Gasteiger partial charge on any atom is 0.268 e. The summed E-state index contributed by atoms with van der Waals surface area (Å²) in [6.07, 6.45) is 13.7. The van der Waals surface area contributed by atoms with Crippen LogP contribution in [0.5, 0.6) is 0 Å². The molecule has 2 N–H and O–H groups in total. The number of likely N-dealkylation sites (tertiary alicyclic amines) is 2. The number of carbonyl (C=O) groups excluding carboxylic acids is 1. The van der Waals surface area contributed by atoms with Crippen molar-refractivity contribution in [3.05, 3.63) is 23.8 Å². The van der Waals surface area contributed by atoms with Crippen molar-refractivity contribution in [2.75, 3.05) is 32.7 Å². The minimum atomic E-state index is -0.533. The van der Waals surface area contributed by atoms with E-state index in [0.29, 0.717) is 12.2 Å². The van der Waals surface area contributed by atoms with Crippen LogP contribution in [-0.4, -0.2) is 76.6 Å². The summed E-state index contributed by atoms with van der Waals surface area (Å²) < 4.78 is 6.44. The first-order chi connectivity index (χ1) is 13.7. The Morgan fingerprint density at radius 1 is 1.00 bits per heavy atom. The third kappa shape index (κ3) is 5.07. The Kier molecular flexibility index (Phi) is 6.54. The zero-order valence-corrected chi connectivity index (χ0v) is 16.8. The zero-order chi connectivity index (χ0) is 19.3. The number of piperidine rings is 2. The summed E-state index contributed by atoms with van der Waals surface area (Å²) in [6, 6.07) is 0.876. The first kappa shape index (κ1) is 19.7. The fourth-order valence-corrected chi connectivity index (χ4v) is 4.55. The van der Waals surface area contributed by atoms with Crippen molar-refractivity contribution >= 4 is 5.91 Å². The molecule has 3 heterocycles. The topological polar surface area (TPSA) is 84.6 Å². The van der Waals surface area contributed by atoms with Crippen LogP contribution < -0.4 is 5.73 Å². The summed E-state index contributed by atoms with van der Waals surface area (Å²) in [6.45, 7) is 5.58. The van der Waals surface area contributed by atoms with Crippen molar-refractivity contribution in [1.29, 1.82) is 0 Å². The third-order valence-electron chi connectivity index (χ3n) is 6.63. The molecule has 0 atom stereocenters. The van der Waals surface area contributed by atoms with Gasteiger partial charge in [-0.2, -0.15) is 0 Å². The number of ether oxygens (including phenoxy) is 1. The maximum absolute atomic E-state index is 11.1. The first-order valence-corrected chi connectivity index (χ1v) is 10.9. The normalized spacial score (nSPS) is 23.6. The summed E-state index contributed by atoms with van der Waals surface area (Å²) in [5.74, 6) is -0.533. The molecule has 0 aromatic carbocycles. The molecule has 0 spiro atoms. The second-order valence-electron chi connectivity index (χ2n) is 8.50. The van der Waals surface area contributed by atoms with E-state index in [1.807, 2.05) is 0 Å². The number of amides is 1. The van der Waals surface area contributed by atoms with Gasteiger partial charge in [0.1, 0.15) is 5.69 Å². The van der Waals surface area contributed by atoms with E-state index in [0.717, 1.165) is 50.6 Å². The van der Waals surface area contributed by atoms with E-state index < -0.39 is 5.91 Å². The SMILES string of the molecule is NC(=O)c1cnc(CCN2CCC(OC3CCN(C4CCC4)CC3)CC2)cn1. The Balaban J connectivity index is 1.12. The van der Waals surface area contributed by atoms with Crippen LogP contribution in [0, 0.1) is 0 Å². The van der Waals surface area contributed by atoms with Gasteiger partial charge in [-0.3, -0.25) is 9.78 Å². The van der Waals surface area contributed by atoms with Crippen LogP contribution in [0.15, 0.2) is 12.4 Å². The molecule has 1 aliphatic carbocycles. The largest absolute Gasteiger partial charge is 0.375 e. The van der Waals surface area contributed by atoms with Gasteiger partial charge >= 0.3 is 0 Å². The van der Waals surface area contributed by atoms with Crippen molar-refractivity contribution in [2.24, 2.45) is 5.73 Å². The van der Waals surface area contributed by atoms with Gasteiger partial charge in [0, 0.05) is 51.4 Å². The molecule has 28 heavy (non-hydrogen) atoms. The van der Waals surface area contributed by atoms with Gasteiger partial charge in [-0.25, -0.2) is 4.98 Å². The van der Waals surface area contributed by atoms with Crippen LogP contribution in [0.2, 0.25) is 0 Å². The molecule has 1 aromatic heterocycles. The number of hydrogen-bond donors (Lipinski definition) is 1. The van der Waals surface area contributed by atoms with Crippen LogP contribution in [0.1, 0.15) is 61.1 Å². The second kappa shape index (κ2) is 9.29. The van der Waals surface area contributed by atoms with E-state index in [1.165, 1.54) is 51.4 Å². The van der Waals surface area contributed by atoms with Gasteiger partial charge < -0.3 is 20.3 Å². The molecule has 7 nitrogen and oxygen atoms in total. The quantitative estimate of drug-likeness (QED) is 0.765. The molecule has 1 saturated carbocycles. The molecule has 1 amide bonds. The van der Waals surface area contributed by atoms with E-state index in [2.05, 4.69) is 19.8 Å². The van der Waals surface area contributed by atoms with Crippen molar-refractivity contribution in [3.63, 3.8) is 0 Å². The third-order valence-corrected chi connectivity index (χ3v) is 6.63. The van der Waals surface area contributed by atoms with Crippen LogP contribution in [0.4, 0.5) is 0 Å². The molecular formula is C21H33N5O2. The van der Waals surface area contributed by atoms with Crippen molar-refractivity contribution in [3.8, 4) is 0 Å². The van der Waals surface area contributed by atoms with Gasteiger partial charge in [0.15, 0.2) is 0 Å². The van der Waals surface area contributed by atoms with E-state index in [1.54, 1.807) is 6.20 Å². The van der Waals surface area contributed by atoms with E-state index in [9.17, 15) is 4.79 Å². The maximum atomic E-state index is 11.1. The average Bonchev–Trinajstić information content (AvgIpc) is 2.68. The van der Waals surface area contributed by atoms with Crippen LogP contribution >= 0.6 is 0 Å². The van der Waals surface area contributed by atoms with E-state index >= 15 is 0 Å². The average molecular weight is 388 g/mol. The lowest BCUT2D eigenvalue weighted by Crippen LogP contribution is -2.47. The first-order valence-electron chi connectivity index (χ1n) is 10.9. The van der Waals surface area contributed by atoms with Gasteiger partial charge in [-0.05, 0) is 38.5 Å². The Labute approximate surface area is 167 Å². The highest BCUT2D eigenvalue weighted by atomic mass is 16.5. The highest BCUT2D eigenvalue weighted by Gasteiger charge is 2.30. The molecule has 7 heteroatoms. The molecule has 3 fully saturated rings. The standard InChI is InChI=1S/C21H33N5O2/c22-21(27)20-15-23-16(14-24-20)4-9-25-10-5-18(6-11-25)28-19-7-12-26(13-8-19)17-2-1-3-17/h14-15,17-19H,1-13H2,(H2,22,27). The molecule has 3 aliphatic rings. The highest BCUT2D eigenvalue weighted by Crippen LogP contribution is 2.29. The fraction of sp³-hybridized carbons (Fsp3) is 0.762. The molecule has 2 aliphatic heterocycles. The van der Waals surface area contributed by atoms with E-state index in [4.69, 9.17) is 10.5 Å². The lowest BCUT2D eigenvalue weighted by molar-refractivity contribution is -0.0719. The molecule has 4 rings (SSSR count). The number of aromatic nitrogens is 2. The van der Waals surface area contributed by atoms with E-state index in [-0.39, 0.29) is 5.69 Å². The number of nitrogens with zero attached hydrogens (tertiary/aromatic N) is 4. The molecule has 0 unspecified atom stereocenters.